The minimum Gasteiger partial charge on any atom is -0.465 e. The van der Waals surface area contributed by atoms with Gasteiger partial charge in [0.25, 0.3) is 0 Å². The number of carbonyl (C=O) groups excluding carboxylic acids is 2. The molecular formula is C21H22N4O6S. The smallest absolute Gasteiger partial charge is 0.339 e. The van der Waals surface area contributed by atoms with Gasteiger partial charge < -0.3 is 9.47 Å². The van der Waals surface area contributed by atoms with Gasteiger partial charge in [-0.2, -0.15) is 9.40 Å². The fraction of sp³-hybridized carbons (Fsp3) is 0.238. The quantitative estimate of drug-likeness (QED) is 0.494. The van der Waals surface area contributed by atoms with E-state index < -0.39 is 28.0 Å². The fourth-order valence-corrected chi connectivity index (χ4v) is 4.63. The second-order valence-corrected chi connectivity index (χ2v) is 8.79. The molecule has 1 unspecified atom stereocenters. The van der Waals surface area contributed by atoms with Crippen LogP contribution in [0.2, 0.25) is 0 Å². The molecular weight excluding hydrogens is 436 g/mol. The van der Waals surface area contributed by atoms with Crippen molar-refractivity contribution in [2.45, 2.75) is 17.9 Å². The van der Waals surface area contributed by atoms with Crippen molar-refractivity contribution in [2.75, 3.05) is 21.3 Å². The molecule has 0 saturated carbocycles. The SMILES string of the molecule is COC(=O)c1ccc(C(=O)OC)c(S(=O)(=O)N(C)C(C)c2ccc(-n3cncn3)cc2)c1. The Morgan fingerprint density at radius 3 is 2.25 bits per heavy atom. The van der Waals surface area contributed by atoms with Crippen molar-refractivity contribution < 1.29 is 27.5 Å². The molecule has 11 heteroatoms. The fourth-order valence-electron chi connectivity index (χ4n) is 3.08. The van der Waals surface area contributed by atoms with Crippen LogP contribution in [0, 0.1) is 0 Å². The molecule has 1 atom stereocenters. The Morgan fingerprint density at radius 1 is 1.03 bits per heavy atom. The highest BCUT2D eigenvalue weighted by Gasteiger charge is 2.31. The summed E-state index contributed by atoms with van der Waals surface area (Å²) in [5.74, 6) is -1.56. The summed E-state index contributed by atoms with van der Waals surface area (Å²) in [7, 11) is -0.461. The van der Waals surface area contributed by atoms with Gasteiger partial charge in [0.1, 0.15) is 12.7 Å². The molecule has 1 aromatic heterocycles. The molecule has 0 amide bonds. The third kappa shape index (κ3) is 4.39. The highest BCUT2D eigenvalue weighted by molar-refractivity contribution is 7.89. The average Bonchev–Trinajstić information content (AvgIpc) is 3.36. The van der Waals surface area contributed by atoms with E-state index in [1.807, 2.05) is 0 Å². The van der Waals surface area contributed by atoms with Gasteiger partial charge in [-0.1, -0.05) is 12.1 Å². The summed E-state index contributed by atoms with van der Waals surface area (Å²) in [5.41, 5.74) is 1.30. The van der Waals surface area contributed by atoms with Gasteiger partial charge in [0.15, 0.2) is 0 Å². The molecule has 3 aromatic rings. The maximum Gasteiger partial charge on any atom is 0.339 e. The van der Waals surface area contributed by atoms with Crippen LogP contribution in [-0.2, 0) is 19.5 Å². The van der Waals surface area contributed by atoms with Crippen molar-refractivity contribution in [3.8, 4) is 5.69 Å². The summed E-state index contributed by atoms with van der Waals surface area (Å²) >= 11 is 0. The number of sulfonamides is 1. The predicted octanol–water partition coefficient (Wildman–Crippen LogP) is 2.22. The van der Waals surface area contributed by atoms with E-state index in [0.717, 1.165) is 23.2 Å². The van der Waals surface area contributed by atoms with Crippen molar-refractivity contribution in [1.82, 2.24) is 19.1 Å². The molecule has 0 fully saturated rings. The summed E-state index contributed by atoms with van der Waals surface area (Å²) in [4.78, 5) is 27.7. The lowest BCUT2D eigenvalue weighted by Gasteiger charge is -2.26. The van der Waals surface area contributed by atoms with Gasteiger partial charge in [0, 0.05) is 13.1 Å². The minimum atomic E-state index is -4.19. The van der Waals surface area contributed by atoms with E-state index in [4.69, 9.17) is 4.74 Å². The molecule has 0 N–H and O–H groups in total. The Labute approximate surface area is 185 Å². The van der Waals surface area contributed by atoms with E-state index in [1.54, 1.807) is 42.2 Å². The summed E-state index contributed by atoms with van der Waals surface area (Å²) < 4.78 is 39.0. The van der Waals surface area contributed by atoms with E-state index in [-0.39, 0.29) is 16.0 Å². The first-order chi connectivity index (χ1) is 15.2. The molecule has 0 spiro atoms. The largest absolute Gasteiger partial charge is 0.465 e. The summed E-state index contributed by atoms with van der Waals surface area (Å²) in [6.45, 7) is 1.71. The monoisotopic (exact) mass is 458 g/mol. The first-order valence-electron chi connectivity index (χ1n) is 9.44. The van der Waals surface area contributed by atoms with Crippen molar-refractivity contribution in [3.63, 3.8) is 0 Å². The van der Waals surface area contributed by atoms with E-state index in [2.05, 4.69) is 14.8 Å². The Hall–Kier alpha value is -3.57. The molecule has 3 rings (SSSR count). The average molecular weight is 458 g/mol. The van der Waals surface area contributed by atoms with E-state index in [9.17, 15) is 18.0 Å². The van der Waals surface area contributed by atoms with Gasteiger partial charge >= 0.3 is 11.9 Å². The van der Waals surface area contributed by atoms with Crippen LogP contribution in [0.4, 0.5) is 0 Å². The van der Waals surface area contributed by atoms with Crippen molar-refractivity contribution >= 4 is 22.0 Å². The molecule has 0 aliphatic heterocycles. The Kier molecular flexibility index (Phi) is 6.70. The van der Waals surface area contributed by atoms with E-state index in [0.29, 0.717) is 5.56 Å². The van der Waals surface area contributed by atoms with Gasteiger partial charge in [-0.25, -0.2) is 27.7 Å². The highest BCUT2D eigenvalue weighted by atomic mass is 32.2. The van der Waals surface area contributed by atoms with Gasteiger partial charge in [0.05, 0.1) is 35.9 Å². The molecule has 0 saturated heterocycles. The topological polar surface area (TPSA) is 121 Å². The maximum atomic E-state index is 13.4. The number of nitrogens with zero attached hydrogens (tertiary/aromatic N) is 4. The molecule has 2 aromatic carbocycles. The van der Waals surface area contributed by atoms with Crippen LogP contribution in [0.3, 0.4) is 0 Å². The number of rotatable bonds is 7. The Morgan fingerprint density at radius 2 is 1.69 bits per heavy atom. The Balaban J connectivity index is 1.99. The van der Waals surface area contributed by atoms with E-state index in [1.165, 1.54) is 32.6 Å². The van der Waals surface area contributed by atoms with Crippen molar-refractivity contribution in [1.29, 1.82) is 0 Å². The number of carbonyl (C=O) groups is 2. The minimum absolute atomic E-state index is 0.00281. The van der Waals surface area contributed by atoms with Crippen LogP contribution >= 0.6 is 0 Å². The van der Waals surface area contributed by atoms with Gasteiger partial charge in [-0.15, -0.1) is 0 Å². The summed E-state index contributed by atoms with van der Waals surface area (Å²) in [6.07, 6.45) is 2.97. The lowest BCUT2D eigenvalue weighted by atomic mass is 10.1. The lowest BCUT2D eigenvalue weighted by Crippen LogP contribution is -2.31. The second-order valence-electron chi connectivity index (χ2n) is 6.82. The Bertz CT molecular complexity index is 1220. The second kappa shape index (κ2) is 9.28. The van der Waals surface area contributed by atoms with Crippen LogP contribution in [0.5, 0.6) is 0 Å². The zero-order valence-corrected chi connectivity index (χ0v) is 18.7. The van der Waals surface area contributed by atoms with Gasteiger partial charge in [-0.3, -0.25) is 0 Å². The van der Waals surface area contributed by atoms with Crippen molar-refractivity contribution in [2.24, 2.45) is 0 Å². The van der Waals surface area contributed by atoms with Gasteiger partial charge in [0.2, 0.25) is 10.0 Å². The lowest BCUT2D eigenvalue weighted by molar-refractivity contribution is 0.0583. The molecule has 0 aliphatic carbocycles. The molecule has 10 nitrogen and oxygen atoms in total. The normalized spacial score (nSPS) is 12.4. The number of methoxy groups -OCH3 is 2. The predicted molar refractivity (Wildman–Crippen MR) is 114 cm³/mol. The summed E-state index contributed by atoms with van der Waals surface area (Å²) in [6, 6.07) is 10.2. The molecule has 0 aliphatic rings. The number of aromatic nitrogens is 3. The molecule has 168 valence electrons. The van der Waals surface area contributed by atoms with E-state index >= 15 is 0 Å². The van der Waals surface area contributed by atoms with Crippen molar-refractivity contribution in [3.05, 3.63) is 71.8 Å². The number of ether oxygens (including phenoxy) is 2. The van der Waals surface area contributed by atoms with Crippen LogP contribution in [0.15, 0.2) is 60.0 Å². The number of esters is 2. The van der Waals surface area contributed by atoms with Crippen LogP contribution < -0.4 is 0 Å². The molecule has 0 bridgehead atoms. The molecule has 1 heterocycles. The summed E-state index contributed by atoms with van der Waals surface area (Å²) in [5, 5.41) is 4.06. The standard InChI is InChI=1S/C21H22N4O6S/c1-14(15-5-8-17(9-6-15)25-13-22-12-23-25)24(2)32(28,29)19-11-16(20(26)30-3)7-10-18(19)21(27)31-4/h5-14H,1-4H3. The number of hydrogen-bond acceptors (Lipinski definition) is 8. The maximum absolute atomic E-state index is 13.4. The van der Waals surface area contributed by atoms with Crippen LogP contribution in [0.1, 0.15) is 39.2 Å². The first-order valence-corrected chi connectivity index (χ1v) is 10.9. The third-order valence-corrected chi connectivity index (χ3v) is 7.04. The van der Waals surface area contributed by atoms with Crippen LogP contribution in [0.25, 0.3) is 5.69 Å². The molecule has 0 radical (unpaired) electrons. The molecule has 32 heavy (non-hydrogen) atoms. The highest BCUT2D eigenvalue weighted by Crippen LogP contribution is 2.29. The zero-order valence-electron chi connectivity index (χ0n) is 17.9. The van der Waals surface area contributed by atoms with Gasteiger partial charge in [-0.05, 0) is 42.8 Å². The number of benzene rings is 2. The third-order valence-electron chi connectivity index (χ3n) is 5.07. The zero-order chi connectivity index (χ0) is 23.5. The van der Waals surface area contributed by atoms with Crippen LogP contribution in [-0.4, -0.2) is 60.7 Å². The number of hydrogen-bond donors (Lipinski definition) is 0. The first kappa shape index (κ1) is 23.1.